The van der Waals surface area contributed by atoms with Crippen molar-refractivity contribution in [2.24, 2.45) is 0 Å². The van der Waals surface area contributed by atoms with Crippen molar-refractivity contribution in [2.45, 2.75) is 31.3 Å². The molecule has 3 amide bonds. The maximum atomic E-state index is 13.1. The first-order valence-corrected chi connectivity index (χ1v) is 11.8. The topological polar surface area (TPSA) is 130 Å². The van der Waals surface area contributed by atoms with Crippen LogP contribution >= 0.6 is 0 Å². The Morgan fingerprint density at radius 3 is 2.35 bits per heavy atom. The maximum Gasteiger partial charge on any atom is 0.324 e. The summed E-state index contributed by atoms with van der Waals surface area (Å²) in [5.74, 6) is 0.246. The molecule has 1 aliphatic heterocycles. The minimum Gasteiger partial charge on any atom is -0.489 e. The molecule has 1 fully saturated rings. The van der Waals surface area contributed by atoms with Gasteiger partial charge in [-0.05, 0) is 69.3 Å². The number of urea groups is 1. The number of hydrogen-bond donors (Lipinski definition) is 4. The second-order valence-corrected chi connectivity index (χ2v) is 8.96. The predicted octanol–water partition coefficient (Wildman–Crippen LogP) is 4.29. The lowest BCUT2D eigenvalue weighted by atomic mass is 9.91. The molecule has 1 aliphatic rings. The molecule has 4 N–H and O–H groups in total. The number of carbonyl (C=O) groups is 2. The van der Waals surface area contributed by atoms with Crippen LogP contribution in [-0.2, 0) is 5.41 Å². The fourth-order valence-corrected chi connectivity index (χ4v) is 3.59. The molecule has 0 spiro atoms. The number of carbonyl (C=O) groups excluding carboxylic acids is 2. The molecule has 0 saturated carbocycles. The second-order valence-electron chi connectivity index (χ2n) is 8.96. The van der Waals surface area contributed by atoms with Crippen LogP contribution in [0.3, 0.4) is 0 Å². The van der Waals surface area contributed by atoms with Crippen molar-refractivity contribution in [1.29, 1.82) is 0 Å². The van der Waals surface area contributed by atoms with Gasteiger partial charge >= 0.3 is 6.03 Å². The summed E-state index contributed by atoms with van der Waals surface area (Å²) in [7, 11) is 0. The Labute approximate surface area is 212 Å². The summed E-state index contributed by atoms with van der Waals surface area (Å²) in [6.45, 7) is 1.25. The number of aromatic nitrogens is 2. The first-order valence-electron chi connectivity index (χ1n) is 11.8. The standard InChI is InChI=1S/C25H28F2N6O4/c1-25(14-26,15-27)21-12-22(33-37-21)32-24(35)31-17-4-2-16(3-5-17)30-23(34)20-7-6-19(13-29-20)36-18-8-10-28-11-9-18/h2-7,12-13,18,28H,8-11,14-15H2,1H3,(H,30,34)(H2,31,32,33,35). The van der Waals surface area contributed by atoms with Crippen LogP contribution in [0.25, 0.3) is 0 Å². The van der Waals surface area contributed by atoms with Gasteiger partial charge in [0.1, 0.15) is 36.7 Å². The van der Waals surface area contributed by atoms with Crippen molar-refractivity contribution in [3.05, 3.63) is 60.1 Å². The first-order chi connectivity index (χ1) is 17.9. The number of benzene rings is 1. The molecule has 3 aromatic rings. The van der Waals surface area contributed by atoms with Gasteiger partial charge in [0.25, 0.3) is 5.91 Å². The van der Waals surface area contributed by atoms with Crippen LogP contribution in [0.4, 0.5) is 30.8 Å². The summed E-state index contributed by atoms with van der Waals surface area (Å²) >= 11 is 0. The van der Waals surface area contributed by atoms with E-state index in [0.717, 1.165) is 25.9 Å². The largest absolute Gasteiger partial charge is 0.489 e. The fraction of sp³-hybridized carbons (Fsp3) is 0.360. The number of anilines is 3. The predicted molar refractivity (Wildman–Crippen MR) is 134 cm³/mol. The highest BCUT2D eigenvalue weighted by Gasteiger charge is 2.32. The number of amides is 3. The van der Waals surface area contributed by atoms with Gasteiger partial charge in [0.15, 0.2) is 5.82 Å². The molecule has 1 aromatic carbocycles. The third-order valence-corrected chi connectivity index (χ3v) is 5.90. The van der Waals surface area contributed by atoms with Crippen molar-refractivity contribution >= 4 is 29.1 Å². The van der Waals surface area contributed by atoms with Crippen molar-refractivity contribution in [3.8, 4) is 5.75 Å². The molecule has 4 rings (SSSR count). The number of rotatable bonds is 9. The SMILES string of the molecule is CC(CF)(CF)c1cc(NC(=O)Nc2ccc(NC(=O)c3ccc(OC4CCNCC4)cn3)cc2)no1. The Morgan fingerprint density at radius 2 is 1.73 bits per heavy atom. The van der Waals surface area contributed by atoms with E-state index >= 15 is 0 Å². The third kappa shape index (κ3) is 6.79. The normalized spacial score (nSPS) is 14.1. The highest BCUT2D eigenvalue weighted by atomic mass is 19.1. The van der Waals surface area contributed by atoms with Gasteiger partial charge in [0.2, 0.25) is 0 Å². The zero-order valence-electron chi connectivity index (χ0n) is 20.2. The minimum atomic E-state index is -1.46. The highest BCUT2D eigenvalue weighted by Crippen LogP contribution is 2.27. The fourth-order valence-electron chi connectivity index (χ4n) is 3.59. The van der Waals surface area contributed by atoms with Crippen molar-refractivity contribution < 1.29 is 27.6 Å². The van der Waals surface area contributed by atoms with Crippen molar-refractivity contribution in [3.63, 3.8) is 0 Å². The molecule has 196 valence electrons. The van der Waals surface area contributed by atoms with E-state index in [9.17, 15) is 18.4 Å². The van der Waals surface area contributed by atoms with Gasteiger partial charge in [-0.3, -0.25) is 10.1 Å². The number of halogens is 2. The quantitative estimate of drug-likeness (QED) is 0.335. The minimum absolute atomic E-state index is 0.00803. The summed E-state index contributed by atoms with van der Waals surface area (Å²) in [4.78, 5) is 29.0. The van der Waals surface area contributed by atoms with E-state index in [1.807, 2.05) is 0 Å². The van der Waals surface area contributed by atoms with E-state index in [0.29, 0.717) is 17.1 Å². The van der Waals surface area contributed by atoms with E-state index in [4.69, 9.17) is 9.26 Å². The number of pyridine rings is 1. The Bertz CT molecular complexity index is 1190. The lowest BCUT2D eigenvalue weighted by Crippen LogP contribution is -2.34. The van der Waals surface area contributed by atoms with Crippen molar-refractivity contribution in [1.82, 2.24) is 15.5 Å². The van der Waals surface area contributed by atoms with E-state index in [-0.39, 0.29) is 29.3 Å². The molecule has 0 aliphatic carbocycles. The number of hydrogen-bond acceptors (Lipinski definition) is 7. The van der Waals surface area contributed by atoms with Crippen LogP contribution in [0.1, 0.15) is 36.0 Å². The molecule has 0 atom stereocenters. The van der Waals surface area contributed by atoms with Gasteiger partial charge < -0.3 is 25.2 Å². The summed E-state index contributed by atoms with van der Waals surface area (Å²) in [5, 5.41) is 14.7. The van der Waals surface area contributed by atoms with E-state index in [1.54, 1.807) is 36.4 Å². The number of alkyl halides is 2. The Kier molecular flexibility index (Phi) is 8.29. The molecule has 37 heavy (non-hydrogen) atoms. The monoisotopic (exact) mass is 514 g/mol. The maximum absolute atomic E-state index is 13.1. The lowest BCUT2D eigenvalue weighted by molar-refractivity contribution is 0.102. The van der Waals surface area contributed by atoms with Crippen molar-refractivity contribution in [2.75, 3.05) is 42.4 Å². The lowest BCUT2D eigenvalue weighted by Gasteiger charge is -2.23. The van der Waals surface area contributed by atoms with Crippen LogP contribution in [0.2, 0.25) is 0 Å². The Balaban J connectivity index is 1.27. The van der Waals surface area contributed by atoms with Crippen LogP contribution in [-0.4, -0.2) is 54.6 Å². The summed E-state index contributed by atoms with van der Waals surface area (Å²) in [6.07, 6.45) is 3.53. The van der Waals surface area contributed by atoms with E-state index in [1.165, 1.54) is 19.2 Å². The molecule has 0 radical (unpaired) electrons. The van der Waals surface area contributed by atoms with Crippen LogP contribution in [0.15, 0.2) is 53.2 Å². The number of nitrogens with one attached hydrogen (secondary N) is 4. The molecular weight excluding hydrogens is 486 g/mol. The van der Waals surface area contributed by atoms with E-state index < -0.39 is 24.8 Å². The number of piperidine rings is 1. The highest BCUT2D eigenvalue weighted by molar-refractivity contribution is 6.03. The molecule has 1 saturated heterocycles. The number of nitrogens with zero attached hydrogens (tertiary/aromatic N) is 2. The van der Waals surface area contributed by atoms with Gasteiger partial charge in [-0.1, -0.05) is 5.16 Å². The number of ether oxygens (including phenoxy) is 1. The molecule has 0 unspecified atom stereocenters. The smallest absolute Gasteiger partial charge is 0.324 e. The second kappa shape index (κ2) is 11.8. The summed E-state index contributed by atoms with van der Waals surface area (Å²) < 4.78 is 37.1. The van der Waals surface area contributed by atoms with Gasteiger partial charge in [-0.25, -0.2) is 18.6 Å². The Morgan fingerprint density at radius 1 is 1.05 bits per heavy atom. The molecule has 10 nitrogen and oxygen atoms in total. The van der Waals surface area contributed by atoms with Gasteiger partial charge in [-0.15, -0.1) is 0 Å². The average Bonchev–Trinajstić information content (AvgIpc) is 3.39. The van der Waals surface area contributed by atoms with E-state index in [2.05, 4.69) is 31.4 Å². The molecule has 0 bridgehead atoms. The zero-order valence-corrected chi connectivity index (χ0v) is 20.2. The van der Waals surface area contributed by atoms with Gasteiger partial charge in [0.05, 0.1) is 11.6 Å². The Hall–Kier alpha value is -4.06. The average molecular weight is 515 g/mol. The molecular formula is C25H28F2N6O4. The molecule has 2 aromatic heterocycles. The van der Waals surface area contributed by atoms with Crippen LogP contribution < -0.4 is 26.0 Å². The van der Waals surface area contributed by atoms with Crippen LogP contribution in [0, 0.1) is 0 Å². The van der Waals surface area contributed by atoms with Gasteiger partial charge in [0, 0.05) is 17.4 Å². The van der Waals surface area contributed by atoms with Gasteiger partial charge in [-0.2, -0.15) is 0 Å². The zero-order chi connectivity index (χ0) is 26.3. The summed E-state index contributed by atoms with van der Waals surface area (Å²) in [5.41, 5.74) is -0.274. The molecule has 3 heterocycles. The van der Waals surface area contributed by atoms with Crippen LogP contribution in [0.5, 0.6) is 5.75 Å². The first kappa shape index (κ1) is 26.0. The summed E-state index contributed by atoms with van der Waals surface area (Å²) in [6, 6.07) is 10.4. The third-order valence-electron chi connectivity index (χ3n) is 5.90. The molecule has 12 heteroatoms.